The number of nitrogens with two attached hydrogens (primary N) is 1. The number of benzene rings is 1. The molecule has 4 nitrogen and oxygen atoms in total. The van der Waals surface area contributed by atoms with Crippen LogP contribution in [0.1, 0.15) is 24.9 Å². The molecule has 0 saturated heterocycles. The maximum atomic E-state index is 10.6. The molecule has 0 saturated carbocycles. The fourth-order valence-corrected chi connectivity index (χ4v) is 1.43. The molecule has 0 aliphatic rings. The van der Waals surface area contributed by atoms with Crippen LogP contribution in [0.4, 0.5) is 0 Å². The zero-order valence-electron chi connectivity index (χ0n) is 8.73. The molecule has 0 aliphatic carbocycles. The SMILES string of the molecule is CCC(NCC(N)=O)c1ccc(O)cc1. The Morgan fingerprint density at radius 2 is 2.07 bits per heavy atom. The highest BCUT2D eigenvalue weighted by molar-refractivity contribution is 5.75. The fraction of sp³-hybridized carbons (Fsp3) is 0.364. The van der Waals surface area contributed by atoms with Crippen molar-refractivity contribution in [3.8, 4) is 5.75 Å². The molecule has 0 aliphatic heterocycles. The van der Waals surface area contributed by atoms with Gasteiger partial charge in [0, 0.05) is 6.04 Å². The molecule has 1 unspecified atom stereocenters. The maximum Gasteiger partial charge on any atom is 0.231 e. The van der Waals surface area contributed by atoms with Crippen molar-refractivity contribution in [3.63, 3.8) is 0 Å². The van der Waals surface area contributed by atoms with Gasteiger partial charge in [0.1, 0.15) is 5.75 Å². The molecule has 82 valence electrons. The monoisotopic (exact) mass is 208 g/mol. The van der Waals surface area contributed by atoms with Gasteiger partial charge in [-0.25, -0.2) is 0 Å². The number of amides is 1. The number of carbonyl (C=O) groups excluding carboxylic acids is 1. The first kappa shape index (κ1) is 11.5. The van der Waals surface area contributed by atoms with Gasteiger partial charge in [0.05, 0.1) is 6.54 Å². The van der Waals surface area contributed by atoms with Crippen molar-refractivity contribution in [2.75, 3.05) is 6.54 Å². The number of hydrogen-bond acceptors (Lipinski definition) is 3. The molecule has 0 spiro atoms. The Hall–Kier alpha value is -1.55. The minimum Gasteiger partial charge on any atom is -0.508 e. The van der Waals surface area contributed by atoms with Crippen LogP contribution in [0.2, 0.25) is 0 Å². The fourth-order valence-electron chi connectivity index (χ4n) is 1.43. The third-order valence-electron chi connectivity index (χ3n) is 2.23. The minimum absolute atomic E-state index is 0.0955. The standard InChI is InChI=1S/C11H16N2O2/c1-2-10(13-7-11(12)15)8-3-5-9(14)6-4-8/h3-6,10,13-14H,2,7H2,1H3,(H2,12,15). The quantitative estimate of drug-likeness (QED) is 0.673. The van der Waals surface area contributed by atoms with Crippen molar-refractivity contribution in [1.82, 2.24) is 5.32 Å². The summed E-state index contributed by atoms with van der Waals surface area (Å²) in [6.45, 7) is 2.19. The summed E-state index contributed by atoms with van der Waals surface area (Å²) in [6, 6.07) is 7.01. The lowest BCUT2D eigenvalue weighted by atomic mass is 10.0. The van der Waals surface area contributed by atoms with Crippen molar-refractivity contribution in [1.29, 1.82) is 0 Å². The van der Waals surface area contributed by atoms with E-state index in [9.17, 15) is 4.79 Å². The van der Waals surface area contributed by atoms with Gasteiger partial charge in [-0.2, -0.15) is 0 Å². The predicted molar refractivity (Wildman–Crippen MR) is 58.3 cm³/mol. The number of phenols is 1. The number of nitrogens with one attached hydrogen (secondary N) is 1. The van der Waals surface area contributed by atoms with Gasteiger partial charge in [0.15, 0.2) is 0 Å². The first-order valence-corrected chi connectivity index (χ1v) is 4.94. The van der Waals surface area contributed by atoms with Crippen LogP contribution in [-0.2, 0) is 4.79 Å². The molecule has 1 aromatic carbocycles. The molecular weight excluding hydrogens is 192 g/mol. The van der Waals surface area contributed by atoms with Crippen LogP contribution >= 0.6 is 0 Å². The van der Waals surface area contributed by atoms with E-state index in [-0.39, 0.29) is 24.2 Å². The normalized spacial score (nSPS) is 12.3. The second-order valence-corrected chi connectivity index (χ2v) is 3.40. The average molecular weight is 208 g/mol. The zero-order chi connectivity index (χ0) is 11.3. The van der Waals surface area contributed by atoms with Crippen LogP contribution in [-0.4, -0.2) is 17.6 Å². The van der Waals surface area contributed by atoms with Crippen LogP contribution in [0.5, 0.6) is 5.75 Å². The second kappa shape index (κ2) is 5.36. The lowest BCUT2D eigenvalue weighted by Gasteiger charge is -2.16. The van der Waals surface area contributed by atoms with Crippen LogP contribution in [0, 0.1) is 0 Å². The van der Waals surface area contributed by atoms with E-state index < -0.39 is 0 Å². The molecule has 15 heavy (non-hydrogen) atoms. The first-order chi connectivity index (χ1) is 7.13. The first-order valence-electron chi connectivity index (χ1n) is 4.94. The van der Waals surface area contributed by atoms with Gasteiger partial charge in [-0.3, -0.25) is 4.79 Å². The minimum atomic E-state index is -0.368. The van der Waals surface area contributed by atoms with Gasteiger partial charge < -0.3 is 16.2 Å². The number of carbonyl (C=O) groups is 1. The molecule has 1 aromatic rings. The van der Waals surface area contributed by atoms with E-state index in [2.05, 4.69) is 5.32 Å². The summed E-state index contributed by atoms with van der Waals surface area (Å²) in [4.78, 5) is 10.6. The molecule has 1 amide bonds. The Balaban J connectivity index is 2.65. The Morgan fingerprint density at radius 1 is 1.47 bits per heavy atom. The summed E-state index contributed by atoms with van der Waals surface area (Å²) >= 11 is 0. The lowest BCUT2D eigenvalue weighted by Crippen LogP contribution is -2.31. The Labute approximate surface area is 89.1 Å². The van der Waals surface area contributed by atoms with E-state index in [4.69, 9.17) is 10.8 Å². The topological polar surface area (TPSA) is 75.3 Å². The highest BCUT2D eigenvalue weighted by Gasteiger charge is 2.08. The number of hydrogen-bond donors (Lipinski definition) is 3. The van der Waals surface area contributed by atoms with E-state index in [1.165, 1.54) is 0 Å². The number of rotatable bonds is 5. The van der Waals surface area contributed by atoms with Crippen LogP contribution in [0.25, 0.3) is 0 Å². The Kier molecular flexibility index (Phi) is 4.12. The van der Waals surface area contributed by atoms with E-state index >= 15 is 0 Å². The van der Waals surface area contributed by atoms with Gasteiger partial charge in [0.25, 0.3) is 0 Å². The molecule has 0 radical (unpaired) electrons. The van der Waals surface area contributed by atoms with E-state index in [1.54, 1.807) is 12.1 Å². The molecule has 0 bridgehead atoms. The molecule has 0 aromatic heterocycles. The Morgan fingerprint density at radius 3 is 2.53 bits per heavy atom. The van der Waals surface area contributed by atoms with E-state index in [0.717, 1.165) is 12.0 Å². The van der Waals surface area contributed by atoms with Gasteiger partial charge in [0.2, 0.25) is 5.91 Å². The van der Waals surface area contributed by atoms with Crippen molar-refractivity contribution in [2.24, 2.45) is 5.73 Å². The molecule has 1 atom stereocenters. The molecular formula is C11H16N2O2. The number of phenolic OH excluding ortho intramolecular Hbond substituents is 1. The van der Waals surface area contributed by atoms with Crippen LogP contribution in [0.3, 0.4) is 0 Å². The van der Waals surface area contributed by atoms with Crippen molar-refractivity contribution in [2.45, 2.75) is 19.4 Å². The Bertz CT molecular complexity index is 322. The smallest absolute Gasteiger partial charge is 0.231 e. The molecule has 4 N–H and O–H groups in total. The molecule has 0 fully saturated rings. The van der Waals surface area contributed by atoms with Gasteiger partial charge in [-0.15, -0.1) is 0 Å². The highest BCUT2D eigenvalue weighted by Crippen LogP contribution is 2.18. The van der Waals surface area contributed by atoms with Gasteiger partial charge in [-0.1, -0.05) is 19.1 Å². The maximum absolute atomic E-state index is 10.6. The summed E-state index contributed by atoms with van der Waals surface area (Å²) in [5.74, 6) is -0.129. The second-order valence-electron chi connectivity index (χ2n) is 3.40. The molecule has 1 rings (SSSR count). The predicted octanol–water partition coefficient (Wildman–Crippen LogP) is 0.918. The average Bonchev–Trinajstić information content (AvgIpc) is 2.21. The largest absolute Gasteiger partial charge is 0.508 e. The van der Waals surface area contributed by atoms with Crippen molar-refractivity contribution in [3.05, 3.63) is 29.8 Å². The zero-order valence-corrected chi connectivity index (χ0v) is 8.73. The van der Waals surface area contributed by atoms with E-state index in [1.807, 2.05) is 19.1 Å². The highest BCUT2D eigenvalue weighted by atomic mass is 16.3. The summed E-state index contributed by atoms with van der Waals surface area (Å²) in [6.07, 6.45) is 0.859. The van der Waals surface area contributed by atoms with Crippen LogP contribution < -0.4 is 11.1 Å². The van der Waals surface area contributed by atoms with E-state index in [0.29, 0.717) is 0 Å². The summed E-state index contributed by atoms with van der Waals surface area (Å²) in [5.41, 5.74) is 6.09. The van der Waals surface area contributed by atoms with Crippen molar-refractivity contribution >= 4 is 5.91 Å². The third kappa shape index (κ3) is 3.59. The number of aromatic hydroxyl groups is 1. The molecule has 0 heterocycles. The lowest BCUT2D eigenvalue weighted by molar-refractivity contribution is -0.117. The van der Waals surface area contributed by atoms with Gasteiger partial charge in [-0.05, 0) is 24.1 Å². The summed E-state index contributed by atoms with van der Waals surface area (Å²) in [7, 11) is 0. The van der Waals surface area contributed by atoms with Crippen LogP contribution in [0.15, 0.2) is 24.3 Å². The van der Waals surface area contributed by atoms with Crippen molar-refractivity contribution < 1.29 is 9.90 Å². The third-order valence-corrected chi connectivity index (χ3v) is 2.23. The summed E-state index contributed by atoms with van der Waals surface area (Å²) < 4.78 is 0. The number of primary amides is 1. The summed E-state index contributed by atoms with van der Waals surface area (Å²) in [5, 5.41) is 12.2. The molecule has 4 heteroatoms. The van der Waals surface area contributed by atoms with Gasteiger partial charge >= 0.3 is 0 Å².